The van der Waals surface area contributed by atoms with Crippen LogP contribution in [0.25, 0.3) is 21.0 Å². The van der Waals surface area contributed by atoms with Crippen LogP contribution in [0.1, 0.15) is 0 Å². The van der Waals surface area contributed by atoms with Crippen LogP contribution >= 0.6 is 11.3 Å². The third kappa shape index (κ3) is 2.76. The van der Waals surface area contributed by atoms with Gasteiger partial charge in [0.2, 0.25) is 0 Å². The summed E-state index contributed by atoms with van der Waals surface area (Å²) in [7, 11) is 3.28. The van der Waals surface area contributed by atoms with Crippen molar-refractivity contribution in [3.05, 3.63) is 54.7 Å². The zero-order chi connectivity index (χ0) is 14.7. The fourth-order valence-electron chi connectivity index (χ4n) is 2.11. The number of aromatic nitrogens is 1. The minimum atomic E-state index is 0.727. The lowest BCUT2D eigenvalue weighted by molar-refractivity contribution is 0.355. The molecular formula is C17H15NO2S. The molecule has 0 amide bonds. The summed E-state index contributed by atoms with van der Waals surface area (Å²) in [5.74, 6) is 1.46. The molecule has 0 atom stereocenters. The lowest BCUT2D eigenvalue weighted by Crippen LogP contribution is -1.90. The van der Waals surface area contributed by atoms with Crippen LogP contribution in [0, 0.1) is 0 Å². The Balaban J connectivity index is 1.97. The molecule has 0 aliphatic heterocycles. The Morgan fingerprint density at radius 2 is 1.62 bits per heavy atom. The number of nitrogens with zero attached hydrogens (tertiary/aromatic N) is 1. The van der Waals surface area contributed by atoms with E-state index in [9.17, 15) is 0 Å². The first kappa shape index (κ1) is 13.6. The average molecular weight is 297 g/mol. The highest BCUT2D eigenvalue weighted by Crippen LogP contribution is 2.36. The number of benzene rings is 2. The van der Waals surface area contributed by atoms with Gasteiger partial charge in [0, 0.05) is 11.8 Å². The predicted molar refractivity (Wildman–Crippen MR) is 86.1 cm³/mol. The summed E-state index contributed by atoms with van der Waals surface area (Å²) in [6.07, 6.45) is 1.90. The van der Waals surface area contributed by atoms with Crippen LogP contribution in [-0.2, 0) is 0 Å². The van der Waals surface area contributed by atoms with E-state index in [2.05, 4.69) is 17.1 Å². The van der Waals surface area contributed by atoms with Gasteiger partial charge in [0.05, 0.1) is 19.1 Å². The molecule has 0 N–H and O–H groups in total. The topological polar surface area (TPSA) is 31.4 Å². The van der Waals surface area contributed by atoms with Crippen molar-refractivity contribution >= 4 is 11.3 Å². The van der Waals surface area contributed by atoms with Gasteiger partial charge in [0.25, 0.3) is 0 Å². The fourth-order valence-corrected chi connectivity index (χ4v) is 3.03. The van der Waals surface area contributed by atoms with Crippen LogP contribution in [0.5, 0.6) is 11.5 Å². The van der Waals surface area contributed by atoms with Crippen molar-refractivity contribution in [3.8, 4) is 32.5 Å². The highest BCUT2D eigenvalue weighted by atomic mass is 32.1. The zero-order valence-electron chi connectivity index (χ0n) is 11.9. The van der Waals surface area contributed by atoms with E-state index in [0.717, 1.165) is 32.5 Å². The molecule has 0 aliphatic rings. The molecule has 0 unspecified atom stereocenters. The molecule has 106 valence electrons. The third-order valence-corrected chi connectivity index (χ3v) is 4.29. The highest BCUT2D eigenvalue weighted by Gasteiger charge is 2.10. The molecule has 21 heavy (non-hydrogen) atoms. The van der Waals surface area contributed by atoms with Crippen LogP contribution < -0.4 is 9.47 Å². The van der Waals surface area contributed by atoms with Gasteiger partial charge in [-0.1, -0.05) is 30.3 Å². The maximum atomic E-state index is 5.35. The first-order valence-electron chi connectivity index (χ1n) is 6.55. The van der Waals surface area contributed by atoms with E-state index >= 15 is 0 Å². The number of rotatable bonds is 4. The van der Waals surface area contributed by atoms with Gasteiger partial charge in [-0.15, -0.1) is 11.3 Å². The van der Waals surface area contributed by atoms with Crippen molar-refractivity contribution in [1.29, 1.82) is 0 Å². The van der Waals surface area contributed by atoms with Crippen molar-refractivity contribution in [3.63, 3.8) is 0 Å². The van der Waals surface area contributed by atoms with Crippen LogP contribution in [0.15, 0.2) is 54.7 Å². The van der Waals surface area contributed by atoms with E-state index in [-0.39, 0.29) is 0 Å². The van der Waals surface area contributed by atoms with Crippen LogP contribution in [-0.4, -0.2) is 19.2 Å². The van der Waals surface area contributed by atoms with Gasteiger partial charge >= 0.3 is 0 Å². The molecule has 4 heteroatoms. The summed E-state index contributed by atoms with van der Waals surface area (Å²) in [6, 6.07) is 16.1. The van der Waals surface area contributed by atoms with Crippen molar-refractivity contribution < 1.29 is 9.47 Å². The second-order valence-corrected chi connectivity index (χ2v) is 5.50. The highest BCUT2D eigenvalue weighted by molar-refractivity contribution is 7.18. The number of methoxy groups -OCH3 is 2. The van der Waals surface area contributed by atoms with E-state index < -0.39 is 0 Å². The van der Waals surface area contributed by atoms with Gasteiger partial charge in [-0.05, 0) is 23.8 Å². The second-order valence-electron chi connectivity index (χ2n) is 4.47. The maximum Gasteiger partial charge on any atom is 0.161 e. The summed E-state index contributed by atoms with van der Waals surface area (Å²) in [5.41, 5.74) is 2.21. The Labute approximate surface area is 127 Å². The summed E-state index contributed by atoms with van der Waals surface area (Å²) < 4.78 is 10.6. The predicted octanol–water partition coefficient (Wildman–Crippen LogP) is 4.49. The van der Waals surface area contributed by atoms with Crippen LogP contribution in [0.4, 0.5) is 0 Å². The van der Waals surface area contributed by atoms with E-state index in [1.165, 1.54) is 0 Å². The summed E-state index contributed by atoms with van der Waals surface area (Å²) in [5, 5.41) is 1.01. The number of hydrogen-bond acceptors (Lipinski definition) is 4. The van der Waals surface area contributed by atoms with Crippen LogP contribution in [0.2, 0.25) is 0 Å². The molecular weight excluding hydrogens is 282 g/mol. The first-order valence-corrected chi connectivity index (χ1v) is 7.37. The van der Waals surface area contributed by atoms with Crippen LogP contribution in [0.3, 0.4) is 0 Å². The maximum absolute atomic E-state index is 5.35. The second kappa shape index (κ2) is 5.97. The van der Waals surface area contributed by atoms with E-state index in [4.69, 9.17) is 9.47 Å². The van der Waals surface area contributed by atoms with E-state index in [1.807, 2.05) is 42.6 Å². The molecule has 0 spiro atoms. The number of hydrogen-bond donors (Lipinski definition) is 0. The lowest BCUT2D eigenvalue weighted by atomic mass is 10.2. The molecule has 0 radical (unpaired) electrons. The normalized spacial score (nSPS) is 10.4. The zero-order valence-corrected chi connectivity index (χ0v) is 12.7. The largest absolute Gasteiger partial charge is 0.493 e. The van der Waals surface area contributed by atoms with Crippen molar-refractivity contribution in [1.82, 2.24) is 4.98 Å². The van der Waals surface area contributed by atoms with Gasteiger partial charge in [-0.25, -0.2) is 4.98 Å². The standard InChI is InChI=1S/C17H15NO2S/c1-19-14-9-8-13(10-15(14)20-2)16-11-18-17(21-16)12-6-4-3-5-7-12/h3-11H,1-2H3. The Morgan fingerprint density at radius 3 is 2.33 bits per heavy atom. The molecule has 3 nitrogen and oxygen atoms in total. The van der Waals surface area contributed by atoms with Gasteiger partial charge in [0.15, 0.2) is 11.5 Å². The third-order valence-electron chi connectivity index (χ3n) is 3.19. The van der Waals surface area contributed by atoms with Crippen molar-refractivity contribution in [2.45, 2.75) is 0 Å². The Morgan fingerprint density at radius 1 is 0.857 bits per heavy atom. The molecule has 0 aliphatic carbocycles. The Bertz CT molecular complexity index is 738. The summed E-state index contributed by atoms with van der Waals surface area (Å²) in [6.45, 7) is 0. The smallest absolute Gasteiger partial charge is 0.161 e. The monoisotopic (exact) mass is 297 g/mol. The molecule has 1 aromatic heterocycles. The molecule has 3 rings (SSSR count). The molecule has 3 aromatic rings. The molecule has 1 heterocycles. The summed E-state index contributed by atoms with van der Waals surface area (Å²) in [4.78, 5) is 5.61. The van der Waals surface area contributed by atoms with Crippen molar-refractivity contribution in [2.75, 3.05) is 14.2 Å². The van der Waals surface area contributed by atoms with E-state index in [0.29, 0.717) is 0 Å². The molecule has 0 saturated carbocycles. The minimum Gasteiger partial charge on any atom is -0.493 e. The van der Waals surface area contributed by atoms with E-state index in [1.54, 1.807) is 25.6 Å². The fraction of sp³-hybridized carbons (Fsp3) is 0.118. The van der Waals surface area contributed by atoms with Crippen molar-refractivity contribution in [2.24, 2.45) is 0 Å². The average Bonchev–Trinajstić information content (AvgIpc) is 3.05. The minimum absolute atomic E-state index is 0.727. The Hall–Kier alpha value is -2.33. The lowest BCUT2D eigenvalue weighted by Gasteiger charge is -2.08. The Kier molecular flexibility index (Phi) is 3.88. The van der Waals surface area contributed by atoms with Gasteiger partial charge < -0.3 is 9.47 Å². The van der Waals surface area contributed by atoms with Gasteiger partial charge in [0.1, 0.15) is 5.01 Å². The quantitative estimate of drug-likeness (QED) is 0.711. The molecule has 0 saturated heterocycles. The first-order chi connectivity index (χ1) is 10.3. The van der Waals surface area contributed by atoms with Gasteiger partial charge in [-0.3, -0.25) is 0 Å². The number of ether oxygens (including phenoxy) is 2. The van der Waals surface area contributed by atoms with Gasteiger partial charge in [-0.2, -0.15) is 0 Å². The summed E-state index contributed by atoms with van der Waals surface area (Å²) >= 11 is 1.66. The molecule has 2 aromatic carbocycles. The molecule has 0 bridgehead atoms. The number of thiazole rings is 1. The molecule has 0 fully saturated rings. The SMILES string of the molecule is COc1ccc(-c2cnc(-c3ccccc3)s2)cc1OC.